The molecule has 7 heteroatoms. The predicted octanol–water partition coefficient (Wildman–Crippen LogP) is 3.42. The predicted molar refractivity (Wildman–Crippen MR) is 71.5 cm³/mol. The van der Waals surface area contributed by atoms with Crippen LogP contribution in [0.1, 0.15) is 11.3 Å². The number of halogens is 3. The minimum absolute atomic E-state index is 0.0235. The molecule has 0 saturated heterocycles. The second-order valence-corrected chi connectivity index (χ2v) is 4.22. The van der Waals surface area contributed by atoms with Crippen LogP contribution in [-0.2, 0) is 12.7 Å². The number of pyridine rings is 1. The highest BCUT2D eigenvalue weighted by molar-refractivity contribution is 5.89. The standard InChI is InChI=1S/C14H12F3N3O/c15-14(16,17)12-8-10(6-7-18-12)9-19-13(21)20-11-4-2-1-3-5-11/h1-8H,9H2,(H2,19,20,21). The quantitative estimate of drug-likeness (QED) is 0.911. The van der Waals surface area contributed by atoms with Gasteiger partial charge in [0.1, 0.15) is 5.69 Å². The molecular weight excluding hydrogens is 283 g/mol. The van der Waals surface area contributed by atoms with E-state index in [4.69, 9.17) is 0 Å². The number of aromatic nitrogens is 1. The zero-order valence-electron chi connectivity index (χ0n) is 10.8. The molecule has 2 rings (SSSR count). The van der Waals surface area contributed by atoms with Crippen molar-refractivity contribution < 1.29 is 18.0 Å². The monoisotopic (exact) mass is 295 g/mol. The van der Waals surface area contributed by atoms with Gasteiger partial charge in [0.2, 0.25) is 0 Å². The first-order chi connectivity index (χ1) is 9.95. The van der Waals surface area contributed by atoms with Crippen LogP contribution in [0.3, 0.4) is 0 Å². The number of amides is 2. The Kier molecular flexibility index (Phi) is 4.42. The maximum atomic E-state index is 12.5. The smallest absolute Gasteiger partial charge is 0.334 e. The van der Waals surface area contributed by atoms with Gasteiger partial charge in [-0.25, -0.2) is 4.79 Å². The molecule has 2 amide bonds. The molecule has 21 heavy (non-hydrogen) atoms. The molecule has 0 saturated carbocycles. The third-order valence-electron chi connectivity index (χ3n) is 2.60. The molecule has 1 heterocycles. The second kappa shape index (κ2) is 6.25. The van der Waals surface area contributed by atoms with Crippen molar-refractivity contribution in [3.8, 4) is 0 Å². The van der Waals surface area contributed by atoms with Crippen LogP contribution in [0.15, 0.2) is 48.7 Å². The zero-order valence-corrected chi connectivity index (χ0v) is 10.8. The Labute approximate surface area is 119 Å². The van der Waals surface area contributed by atoms with Crippen LogP contribution in [0.2, 0.25) is 0 Å². The lowest BCUT2D eigenvalue weighted by molar-refractivity contribution is -0.141. The number of urea groups is 1. The molecular formula is C14H12F3N3O. The van der Waals surface area contributed by atoms with Gasteiger partial charge in [0, 0.05) is 18.4 Å². The van der Waals surface area contributed by atoms with Crippen molar-refractivity contribution in [2.45, 2.75) is 12.7 Å². The van der Waals surface area contributed by atoms with Gasteiger partial charge in [-0.05, 0) is 29.8 Å². The van der Waals surface area contributed by atoms with Gasteiger partial charge >= 0.3 is 12.2 Å². The van der Waals surface area contributed by atoms with Gasteiger partial charge in [-0.15, -0.1) is 0 Å². The molecule has 0 radical (unpaired) electrons. The zero-order chi connectivity index (χ0) is 15.3. The number of anilines is 1. The molecule has 4 nitrogen and oxygen atoms in total. The maximum absolute atomic E-state index is 12.5. The third-order valence-corrected chi connectivity index (χ3v) is 2.60. The molecule has 2 N–H and O–H groups in total. The molecule has 0 atom stereocenters. The number of para-hydroxylation sites is 1. The highest BCUT2D eigenvalue weighted by Gasteiger charge is 2.32. The van der Waals surface area contributed by atoms with Crippen LogP contribution in [0.4, 0.5) is 23.7 Å². The van der Waals surface area contributed by atoms with Crippen LogP contribution in [-0.4, -0.2) is 11.0 Å². The van der Waals surface area contributed by atoms with Gasteiger partial charge in [0.25, 0.3) is 0 Å². The minimum Gasteiger partial charge on any atom is -0.334 e. The maximum Gasteiger partial charge on any atom is 0.433 e. The molecule has 0 aliphatic rings. The SMILES string of the molecule is O=C(NCc1ccnc(C(F)(F)F)c1)Nc1ccccc1. The van der Waals surface area contributed by atoms with Crippen molar-refractivity contribution in [2.24, 2.45) is 0 Å². The first-order valence-electron chi connectivity index (χ1n) is 6.07. The number of alkyl halides is 3. The third kappa shape index (κ3) is 4.48. The van der Waals surface area contributed by atoms with Gasteiger partial charge in [-0.1, -0.05) is 18.2 Å². The first kappa shape index (κ1) is 14.8. The van der Waals surface area contributed by atoms with Gasteiger partial charge in [-0.2, -0.15) is 13.2 Å². The first-order valence-corrected chi connectivity index (χ1v) is 6.07. The summed E-state index contributed by atoms with van der Waals surface area (Å²) in [7, 11) is 0. The van der Waals surface area contributed by atoms with E-state index in [-0.39, 0.29) is 6.54 Å². The molecule has 0 aliphatic heterocycles. The van der Waals surface area contributed by atoms with E-state index in [1.165, 1.54) is 6.07 Å². The van der Waals surface area contributed by atoms with Crippen LogP contribution < -0.4 is 10.6 Å². The Morgan fingerprint density at radius 2 is 1.86 bits per heavy atom. The summed E-state index contributed by atoms with van der Waals surface area (Å²) in [5.41, 5.74) is -0.0634. The van der Waals surface area contributed by atoms with Crippen LogP contribution >= 0.6 is 0 Å². The Morgan fingerprint density at radius 3 is 2.52 bits per heavy atom. The van der Waals surface area contributed by atoms with Crippen molar-refractivity contribution >= 4 is 11.7 Å². The summed E-state index contributed by atoms with van der Waals surface area (Å²) >= 11 is 0. The summed E-state index contributed by atoms with van der Waals surface area (Å²) in [4.78, 5) is 14.9. The van der Waals surface area contributed by atoms with E-state index < -0.39 is 17.9 Å². The van der Waals surface area contributed by atoms with E-state index in [0.717, 1.165) is 12.3 Å². The molecule has 0 aliphatic carbocycles. The fourth-order valence-electron chi connectivity index (χ4n) is 1.62. The van der Waals surface area contributed by atoms with Gasteiger partial charge < -0.3 is 10.6 Å². The van der Waals surface area contributed by atoms with Crippen molar-refractivity contribution in [3.63, 3.8) is 0 Å². The Bertz CT molecular complexity index is 614. The summed E-state index contributed by atoms with van der Waals surface area (Å²) in [6.07, 6.45) is -3.43. The number of carbonyl (C=O) groups is 1. The van der Waals surface area contributed by atoms with E-state index in [1.807, 2.05) is 0 Å². The lowest BCUT2D eigenvalue weighted by Crippen LogP contribution is -2.28. The van der Waals surface area contributed by atoms with Crippen LogP contribution in [0.25, 0.3) is 0 Å². The fourth-order valence-corrected chi connectivity index (χ4v) is 1.62. The molecule has 1 aromatic heterocycles. The number of hydrogen-bond donors (Lipinski definition) is 2. The summed E-state index contributed by atoms with van der Waals surface area (Å²) < 4.78 is 37.5. The summed E-state index contributed by atoms with van der Waals surface area (Å²) in [6, 6.07) is 10.6. The Balaban J connectivity index is 1.92. The summed E-state index contributed by atoms with van der Waals surface area (Å²) in [5, 5.41) is 5.05. The fraction of sp³-hybridized carbons (Fsp3) is 0.143. The average Bonchev–Trinajstić information content (AvgIpc) is 2.46. The minimum atomic E-state index is -4.50. The van der Waals surface area contributed by atoms with E-state index in [2.05, 4.69) is 15.6 Å². The van der Waals surface area contributed by atoms with E-state index in [0.29, 0.717) is 11.3 Å². The number of benzene rings is 1. The van der Waals surface area contributed by atoms with Crippen molar-refractivity contribution in [3.05, 3.63) is 59.9 Å². The highest BCUT2D eigenvalue weighted by Crippen LogP contribution is 2.27. The molecule has 0 spiro atoms. The average molecular weight is 295 g/mol. The van der Waals surface area contributed by atoms with Gasteiger partial charge in [0.15, 0.2) is 0 Å². The normalized spacial score (nSPS) is 11.0. The molecule has 0 fully saturated rings. The molecule has 110 valence electrons. The molecule has 2 aromatic rings. The topological polar surface area (TPSA) is 54.0 Å². The lowest BCUT2D eigenvalue weighted by atomic mass is 10.2. The van der Waals surface area contributed by atoms with E-state index in [9.17, 15) is 18.0 Å². The largest absolute Gasteiger partial charge is 0.433 e. The van der Waals surface area contributed by atoms with Gasteiger partial charge in [-0.3, -0.25) is 4.98 Å². The summed E-state index contributed by atoms with van der Waals surface area (Å²) in [6.45, 7) is -0.0235. The van der Waals surface area contributed by atoms with Crippen molar-refractivity contribution in [1.82, 2.24) is 10.3 Å². The van der Waals surface area contributed by atoms with Crippen LogP contribution in [0.5, 0.6) is 0 Å². The summed E-state index contributed by atoms with van der Waals surface area (Å²) in [5.74, 6) is 0. The number of nitrogens with one attached hydrogen (secondary N) is 2. The van der Waals surface area contributed by atoms with E-state index >= 15 is 0 Å². The number of carbonyl (C=O) groups excluding carboxylic acids is 1. The van der Waals surface area contributed by atoms with Gasteiger partial charge in [0.05, 0.1) is 0 Å². The Morgan fingerprint density at radius 1 is 1.14 bits per heavy atom. The molecule has 0 bridgehead atoms. The molecule has 0 unspecified atom stereocenters. The van der Waals surface area contributed by atoms with E-state index in [1.54, 1.807) is 30.3 Å². The Hall–Kier alpha value is -2.57. The van der Waals surface area contributed by atoms with Crippen molar-refractivity contribution in [2.75, 3.05) is 5.32 Å². The second-order valence-electron chi connectivity index (χ2n) is 4.22. The lowest BCUT2D eigenvalue weighted by Gasteiger charge is -2.09. The highest BCUT2D eigenvalue weighted by atomic mass is 19.4. The van der Waals surface area contributed by atoms with Crippen LogP contribution in [0, 0.1) is 0 Å². The van der Waals surface area contributed by atoms with Crippen molar-refractivity contribution in [1.29, 1.82) is 0 Å². The number of hydrogen-bond acceptors (Lipinski definition) is 2. The number of rotatable bonds is 3. The molecule has 1 aromatic carbocycles. The number of nitrogens with zero attached hydrogens (tertiary/aromatic N) is 1.